The maximum Gasteiger partial charge on any atom is 0.162 e. The van der Waals surface area contributed by atoms with Gasteiger partial charge < -0.3 is 19.6 Å². The number of morpholine rings is 1. The first-order chi connectivity index (χ1) is 15.9. The summed E-state index contributed by atoms with van der Waals surface area (Å²) >= 11 is 1.56. The third-order valence-electron chi connectivity index (χ3n) is 6.64. The standard InChI is InChI=1S/C24H32N6O2S/c1-24(2,3)20-15-33-23(25-20)21(31)16-5-4-8-30(14-16)22-18-7-6-17(13-19(18)26-28-27-22)29-9-11-32-12-10-29/h6-7,13,15-16,21,31H,4-5,8-12,14H2,1-3H3/t16-,21-/m0/s1. The molecule has 1 N–H and O–H groups in total. The minimum Gasteiger partial charge on any atom is -0.386 e. The van der Waals surface area contributed by atoms with E-state index in [-0.39, 0.29) is 11.3 Å². The number of thiazole rings is 1. The molecule has 0 saturated carbocycles. The van der Waals surface area contributed by atoms with Gasteiger partial charge in [-0.2, -0.15) is 0 Å². The van der Waals surface area contributed by atoms with E-state index in [0.717, 1.165) is 85.3 Å². The highest BCUT2D eigenvalue weighted by Gasteiger charge is 2.31. The Bertz CT molecular complexity index is 1110. The maximum atomic E-state index is 11.1. The molecule has 0 radical (unpaired) electrons. The van der Waals surface area contributed by atoms with Gasteiger partial charge >= 0.3 is 0 Å². The molecule has 0 aliphatic carbocycles. The van der Waals surface area contributed by atoms with Gasteiger partial charge in [0.25, 0.3) is 0 Å². The van der Waals surface area contributed by atoms with Gasteiger partial charge in [-0.3, -0.25) is 0 Å². The molecule has 33 heavy (non-hydrogen) atoms. The highest BCUT2D eigenvalue weighted by Crippen LogP contribution is 2.36. The van der Waals surface area contributed by atoms with E-state index >= 15 is 0 Å². The van der Waals surface area contributed by atoms with E-state index in [4.69, 9.17) is 9.72 Å². The molecule has 2 aliphatic rings. The van der Waals surface area contributed by atoms with Crippen molar-refractivity contribution < 1.29 is 9.84 Å². The van der Waals surface area contributed by atoms with Crippen molar-refractivity contribution in [3.63, 3.8) is 0 Å². The first-order valence-electron chi connectivity index (χ1n) is 11.7. The summed E-state index contributed by atoms with van der Waals surface area (Å²) in [7, 11) is 0. The molecule has 9 heteroatoms. The summed E-state index contributed by atoms with van der Waals surface area (Å²) in [6.07, 6.45) is 1.40. The molecule has 2 aromatic heterocycles. The summed E-state index contributed by atoms with van der Waals surface area (Å²) in [4.78, 5) is 9.33. The molecule has 1 aromatic carbocycles. The second-order valence-corrected chi connectivity index (χ2v) is 10.9. The van der Waals surface area contributed by atoms with Crippen molar-refractivity contribution in [3.05, 3.63) is 34.3 Å². The van der Waals surface area contributed by atoms with Crippen molar-refractivity contribution in [3.8, 4) is 0 Å². The lowest BCUT2D eigenvalue weighted by Gasteiger charge is -2.35. The molecule has 0 unspecified atom stereocenters. The number of benzene rings is 1. The average Bonchev–Trinajstić information content (AvgIpc) is 3.35. The van der Waals surface area contributed by atoms with Crippen LogP contribution in [0.15, 0.2) is 23.6 Å². The number of aliphatic hydroxyl groups excluding tert-OH is 1. The lowest BCUT2D eigenvalue weighted by Crippen LogP contribution is -2.38. The van der Waals surface area contributed by atoms with Crippen molar-refractivity contribution in [1.82, 2.24) is 20.4 Å². The fourth-order valence-electron chi connectivity index (χ4n) is 4.64. The normalized spacial score (nSPS) is 20.9. The zero-order chi connectivity index (χ0) is 23.0. The van der Waals surface area contributed by atoms with Crippen molar-refractivity contribution in [2.24, 2.45) is 5.92 Å². The van der Waals surface area contributed by atoms with Crippen LogP contribution in [0.25, 0.3) is 10.9 Å². The second kappa shape index (κ2) is 9.12. The lowest BCUT2D eigenvalue weighted by molar-refractivity contribution is 0.0974. The van der Waals surface area contributed by atoms with Gasteiger partial charge in [-0.25, -0.2) is 4.98 Å². The number of piperidine rings is 1. The maximum absolute atomic E-state index is 11.1. The van der Waals surface area contributed by atoms with Crippen LogP contribution in [-0.2, 0) is 10.2 Å². The van der Waals surface area contributed by atoms with E-state index < -0.39 is 6.10 Å². The molecular weight excluding hydrogens is 436 g/mol. The van der Waals surface area contributed by atoms with Crippen LogP contribution in [0.2, 0.25) is 0 Å². The first kappa shape index (κ1) is 22.4. The predicted molar refractivity (Wildman–Crippen MR) is 131 cm³/mol. The van der Waals surface area contributed by atoms with Crippen LogP contribution in [-0.4, -0.2) is 64.9 Å². The van der Waals surface area contributed by atoms with Crippen LogP contribution in [0, 0.1) is 5.92 Å². The van der Waals surface area contributed by atoms with E-state index in [1.165, 1.54) is 0 Å². The van der Waals surface area contributed by atoms with E-state index in [2.05, 4.69) is 69.6 Å². The summed E-state index contributed by atoms with van der Waals surface area (Å²) in [5.74, 6) is 0.954. The minimum absolute atomic E-state index is 0.0152. The molecule has 2 atom stereocenters. The second-order valence-electron chi connectivity index (χ2n) is 10.0. The van der Waals surface area contributed by atoms with Gasteiger partial charge in [0.1, 0.15) is 16.6 Å². The van der Waals surface area contributed by atoms with Gasteiger partial charge in [0.2, 0.25) is 0 Å². The Morgan fingerprint density at radius 2 is 1.94 bits per heavy atom. The molecule has 4 heterocycles. The highest BCUT2D eigenvalue weighted by atomic mass is 32.1. The predicted octanol–water partition coefficient (Wildman–Crippen LogP) is 3.57. The summed E-state index contributed by atoms with van der Waals surface area (Å²) < 4.78 is 5.48. The number of anilines is 2. The number of nitrogens with zero attached hydrogens (tertiary/aromatic N) is 6. The number of hydrogen-bond acceptors (Lipinski definition) is 9. The molecule has 2 saturated heterocycles. The van der Waals surface area contributed by atoms with Gasteiger partial charge in [0.15, 0.2) is 5.82 Å². The largest absolute Gasteiger partial charge is 0.386 e. The van der Waals surface area contributed by atoms with Crippen LogP contribution < -0.4 is 9.80 Å². The fraction of sp³-hybridized carbons (Fsp3) is 0.583. The molecule has 2 aliphatic heterocycles. The molecule has 0 amide bonds. The van der Waals surface area contributed by atoms with E-state index in [0.29, 0.717) is 0 Å². The van der Waals surface area contributed by atoms with Crippen molar-refractivity contribution in [2.75, 3.05) is 49.2 Å². The molecule has 0 spiro atoms. The van der Waals surface area contributed by atoms with Crippen LogP contribution in [0.5, 0.6) is 0 Å². The number of fused-ring (bicyclic) bond motifs is 1. The number of aromatic nitrogens is 4. The molecule has 8 nitrogen and oxygen atoms in total. The fourth-order valence-corrected chi connectivity index (χ4v) is 5.76. The van der Waals surface area contributed by atoms with Crippen LogP contribution in [0.4, 0.5) is 11.5 Å². The van der Waals surface area contributed by atoms with Crippen molar-refractivity contribution >= 4 is 33.7 Å². The summed E-state index contributed by atoms with van der Waals surface area (Å²) in [6.45, 7) is 11.3. The monoisotopic (exact) mass is 468 g/mol. The zero-order valence-corrected chi connectivity index (χ0v) is 20.4. The molecule has 176 valence electrons. The Morgan fingerprint density at radius 3 is 2.70 bits per heavy atom. The molecular formula is C24H32N6O2S. The Morgan fingerprint density at radius 1 is 1.12 bits per heavy atom. The number of aliphatic hydroxyl groups is 1. The van der Waals surface area contributed by atoms with E-state index in [1.807, 2.05) is 0 Å². The van der Waals surface area contributed by atoms with E-state index in [1.54, 1.807) is 11.3 Å². The number of ether oxygens (including phenoxy) is 1. The third-order valence-corrected chi connectivity index (χ3v) is 7.55. The Balaban J connectivity index is 1.36. The van der Waals surface area contributed by atoms with Gasteiger partial charge in [-0.15, -0.1) is 21.5 Å². The quantitative estimate of drug-likeness (QED) is 0.622. The first-order valence-corrected chi connectivity index (χ1v) is 12.6. The van der Waals surface area contributed by atoms with Crippen LogP contribution in [0.3, 0.4) is 0 Å². The molecule has 2 fully saturated rings. The van der Waals surface area contributed by atoms with Crippen molar-refractivity contribution in [1.29, 1.82) is 0 Å². The summed E-state index contributed by atoms with van der Waals surface area (Å²) in [5, 5.41) is 27.8. The topological polar surface area (TPSA) is 87.5 Å². The van der Waals surface area contributed by atoms with Crippen LogP contribution in [0.1, 0.15) is 50.4 Å². The SMILES string of the molecule is CC(C)(C)c1csc([C@@H](O)[C@H]2CCCN(c3nnnc4cc(N5CCOCC5)ccc34)C2)n1. The summed E-state index contributed by atoms with van der Waals surface area (Å²) in [6, 6.07) is 6.34. The molecule has 5 rings (SSSR count). The van der Waals surface area contributed by atoms with Crippen molar-refractivity contribution in [2.45, 2.75) is 45.1 Å². The zero-order valence-electron chi connectivity index (χ0n) is 19.6. The van der Waals surface area contributed by atoms with Gasteiger partial charge in [0, 0.05) is 54.0 Å². The van der Waals surface area contributed by atoms with Gasteiger partial charge in [-0.1, -0.05) is 20.8 Å². The highest BCUT2D eigenvalue weighted by molar-refractivity contribution is 7.09. The molecule has 0 bridgehead atoms. The number of hydrogen-bond donors (Lipinski definition) is 1. The van der Waals surface area contributed by atoms with Crippen LogP contribution >= 0.6 is 11.3 Å². The smallest absolute Gasteiger partial charge is 0.162 e. The number of rotatable bonds is 4. The van der Waals surface area contributed by atoms with Gasteiger partial charge in [-0.05, 0) is 36.3 Å². The average molecular weight is 469 g/mol. The van der Waals surface area contributed by atoms with Gasteiger partial charge in [0.05, 0.1) is 18.9 Å². The minimum atomic E-state index is -0.567. The van der Waals surface area contributed by atoms with E-state index in [9.17, 15) is 5.11 Å². The molecule has 3 aromatic rings. The Kier molecular flexibility index (Phi) is 6.20. The summed E-state index contributed by atoms with van der Waals surface area (Å²) in [5.41, 5.74) is 3.01. The third kappa shape index (κ3) is 4.67. The Hall–Kier alpha value is -2.36. The Labute approximate surface area is 198 Å². The lowest BCUT2D eigenvalue weighted by atomic mass is 9.91.